The van der Waals surface area contributed by atoms with Crippen LogP contribution in [0.3, 0.4) is 0 Å². The number of rotatable bonds is 3. The normalized spacial score (nSPS) is 32.2. The van der Waals surface area contributed by atoms with Crippen LogP contribution in [0.1, 0.15) is 39.5 Å². The Labute approximate surface area is 70.1 Å². The van der Waals surface area contributed by atoms with E-state index in [1.165, 1.54) is 25.7 Å². The van der Waals surface area contributed by atoms with Gasteiger partial charge < -0.3 is 4.74 Å². The van der Waals surface area contributed by atoms with E-state index >= 15 is 0 Å². The van der Waals surface area contributed by atoms with Gasteiger partial charge in [-0.2, -0.15) is 0 Å². The Balaban J connectivity index is 2.07. The van der Waals surface area contributed by atoms with Crippen LogP contribution in [0, 0.1) is 11.8 Å². The molecule has 1 aliphatic rings. The van der Waals surface area contributed by atoms with E-state index in [1.54, 1.807) is 0 Å². The lowest BCUT2D eigenvalue weighted by atomic mass is 9.83. The second-order valence-electron chi connectivity index (χ2n) is 3.79. The van der Waals surface area contributed by atoms with Crippen molar-refractivity contribution in [1.29, 1.82) is 0 Å². The molecule has 0 aromatic carbocycles. The Morgan fingerprint density at radius 1 is 1.18 bits per heavy atom. The molecule has 0 aromatic rings. The summed E-state index contributed by atoms with van der Waals surface area (Å²) in [5.74, 6) is 1.83. The first-order chi connectivity index (χ1) is 5.33. The molecular weight excluding hydrogens is 136 g/mol. The minimum absolute atomic E-state index is 0.867. The summed E-state index contributed by atoms with van der Waals surface area (Å²) in [5.41, 5.74) is 0. The van der Waals surface area contributed by atoms with Crippen LogP contribution in [-0.2, 0) is 4.74 Å². The van der Waals surface area contributed by atoms with Crippen molar-refractivity contribution in [2.24, 2.45) is 11.8 Å². The van der Waals surface area contributed by atoms with Crippen molar-refractivity contribution in [3.05, 3.63) is 0 Å². The van der Waals surface area contributed by atoms with Gasteiger partial charge >= 0.3 is 0 Å². The molecule has 1 heteroatoms. The third kappa shape index (κ3) is 3.24. The minimum atomic E-state index is 0.867. The monoisotopic (exact) mass is 156 g/mol. The van der Waals surface area contributed by atoms with Crippen LogP contribution in [0.5, 0.6) is 0 Å². The number of ether oxygens (including phenoxy) is 1. The fourth-order valence-electron chi connectivity index (χ4n) is 1.78. The maximum Gasteiger partial charge on any atom is 0.0494 e. The number of hydrogen-bond donors (Lipinski definition) is 0. The third-order valence-corrected chi connectivity index (χ3v) is 2.69. The molecule has 0 aliphatic heterocycles. The molecule has 1 rings (SSSR count). The molecule has 11 heavy (non-hydrogen) atoms. The average Bonchev–Trinajstić information content (AvgIpc) is 2.04. The van der Waals surface area contributed by atoms with E-state index in [9.17, 15) is 0 Å². The Morgan fingerprint density at radius 2 is 1.82 bits per heavy atom. The molecule has 1 aliphatic carbocycles. The second kappa shape index (κ2) is 4.76. The zero-order valence-electron chi connectivity index (χ0n) is 7.81. The summed E-state index contributed by atoms with van der Waals surface area (Å²) in [6.45, 7) is 6.32. The predicted octanol–water partition coefficient (Wildman–Crippen LogP) is 2.85. The topological polar surface area (TPSA) is 9.23 Å². The summed E-state index contributed by atoms with van der Waals surface area (Å²) < 4.78 is 5.41. The molecule has 0 amide bonds. The molecule has 0 N–H and O–H groups in total. The lowest BCUT2D eigenvalue weighted by molar-refractivity contribution is 0.0881. The molecule has 1 fully saturated rings. The maximum atomic E-state index is 5.41. The van der Waals surface area contributed by atoms with Crippen molar-refractivity contribution in [2.45, 2.75) is 39.5 Å². The molecule has 1 nitrogen and oxygen atoms in total. The summed E-state index contributed by atoms with van der Waals surface area (Å²) in [5, 5.41) is 0. The van der Waals surface area contributed by atoms with E-state index in [1.807, 2.05) is 0 Å². The number of hydrogen-bond acceptors (Lipinski definition) is 1. The van der Waals surface area contributed by atoms with Gasteiger partial charge in [0.05, 0.1) is 0 Å². The van der Waals surface area contributed by atoms with Crippen LogP contribution in [0.4, 0.5) is 0 Å². The van der Waals surface area contributed by atoms with Gasteiger partial charge in [-0.3, -0.25) is 0 Å². The van der Waals surface area contributed by atoms with E-state index in [0.29, 0.717) is 0 Å². The molecule has 0 aromatic heterocycles. The molecule has 0 heterocycles. The van der Waals surface area contributed by atoms with Crippen LogP contribution < -0.4 is 0 Å². The zero-order chi connectivity index (χ0) is 8.10. The molecule has 0 saturated heterocycles. The first kappa shape index (κ1) is 9.05. The van der Waals surface area contributed by atoms with E-state index in [0.717, 1.165) is 25.0 Å². The summed E-state index contributed by atoms with van der Waals surface area (Å²) in [6, 6.07) is 0. The standard InChI is InChI=1S/C10H20O/c1-3-11-8-10-6-4-9(2)5-7-10/h9-10H,3-8H2,1-2H3. The van der Waals surface area contributed by atoms with Gasteiger partial charge in [0.1, 0.15) is 0 Å². The Kier molecular flexibility index (Phi) is 3.92. The highest BCUT2D eigenvalue weighted by Crippen LogP contribution is 2.28. The summed E-state index contributed by atoms with van der Waals surface area (Å²) in [6.07, 6.45) is 5.61. The first-order valence-corrected chi connectivity index (χ1v) is 4.90. The molecule has 0 bridgehead atoms. The SMILES string of the molecule is CCOCC1CCC(C)CC1. The lowest BCUT2D eigenvalue weighted by Gasteiger charge is -2.25. The molecule has 66 valence electrons. The molecule has 0 spiro atoms. The van der Waals surface area contributed by atoms with Gasteiger partial charge in [0.15, 0.2) is 0 Å². The highest BCUT2D eigenvalue weighted by Gasteiger charge is 2.17. The maximum absolute atomic E-state index is 5.41. The van der Waals surface area contributed by atoms with Gasteiger partial charge in [-0.15, -0.1) is 0 Å². The Hall–Kier alpha value is -0.0400. The Morgan fingerprint density at radius 3 is 2.36 bits per heavy atom. The van der Waals surface area contributed by atoms with Crippen LogP contribution in [0.2, 0.25) is 0 Å². The molecule has 0 radical (unpaired) electrons. The van der Waals surface area contributed by atoms with E-state index in [4.69, 9.17) is 4.74 Å². The van der Waals surface area contributed by atoms with Crippen LogP contribution in [-0.4, -0.2) is 13.2 Å². The summed E-state index contributed by atoms with van der Waals surface area (Å²) in [7, 11) is 0. The molecule has 0 atom stereocenters. The van der Waals surface area contributed by atoms with Gasteiger partial charge in [0, 0.05) is 13.2 Å². The Bertz CT molecular complexity index is 90.3. The van der Waals surface area contributed by atoms with E-state index in [2.05, 4.69) is 13.8 Å². The quantitative estimate of drug-likeness (QED) is 0.610. The smallest absolute Gasteiger partial charge is 0.0494 e. The summed E-state index contributed by atoms with van der Waals surface area (Å²) in [4.78, 5) is 0. The largest absolute Gasteiger partial charge is 0.381 e. The zero-order valence-corrected chi connectivity index (χ0v) is 7.81. The van der Waals surface area contributed by atoms with Gasteiger partial charge in [-0.1, -0.05) is 19.8 Å². The van der Waals surface area contributed by atoms with E-state index < -0.39 is 0 Å². The highest BCUT2D eigenvalue weighted by molar-refractivity contribution is 4.69. The van der Waals surface area contributed by atoms with Crippen LogP contribution in [0.15, 0.2) is 0 Å². The predicted molar refractivity (Wildman–Crippen MR) is 47.6 cm³/mol. The second-order valence-corrected chi connectivity index (χ2v) is 3.79. The van der Waals surface area contributed by atoms with Gasteiger partial charge in [0.25, 0.3) is 0 Å². The van der Waals surface area contributed by atoms with Crippen LogP contribution in [0.25, 0.3) is 0 Å². The van der Waals surface area contributed by atoms with Crippen molar-refractivity contribution in [2.75, 3.05) is 13.2 Å². The molecule has 1 saturated carbocycles. The summed E-state index contributed by atoms with van der Waals surface area (Å²) >= 11 is 0. The first-order valence-electron chi connectivity index (χ1n) is 4.90. The van der Waals surface area contributed by atoms with Crippen molar-refractivity contribution in [3.8, 4) is 0 Å². The minimum Gasteiger partial charge on any atom is -0.381 e. The van der Waals surface area contributed by atoms with Crippen molar-refractivity contribution >= 4 is 0 Å². The average molecular weight is 156 g/mol. The van der Waals surface area contributed by atoms with Gasteiger partial charge in [-0.05, 0) is 31.6 Å². The highest BCUT2D eigenvalue weighted by atomic mass is 16.5. The third-order valence-electron chi connectivity index (χ3n) is 2.69. The van der Waals surface area contributed by atoms with Crippen molar-refractivity contribution in [3.63, 3.8) is 0 Å². The lowest BCUT2D eigenvalue weighted by Crippen LogP contribution is -2.17. The molecular formula is C10H20O. The van der Waals surface area contributed by atoms with E-state index in [-0.39, 0.29) is 0 Å². The van der Waals surface area contributed by atoms with Crippen molar-refractivity contribution < 1.29 is 4.74 Å². The van der Waals surface area contributed by atoms with Crippen molar-refractivity contribution in [1.82, 2.24) is 0 Å². The fourth-order valence-corrected chi connectivity index (χ4v) is 1.78. The van der Waals surface area contributed by atoms with Gasteiger partial charge in [0.2, 0.25) is 0 Å². The van der Waals surface area contributed by atoms with Gasteiger partial charge in [-0.25, -0.2) is 0 Å². The van der Waals surface area contributed by atoms with Crippen LogP contribution >= 0.6 is 0 Å². The molecule has 0 unspecified atom stereocenters. The fraction of sp³-hybridized carbons (Fsp3) is 1.00.